The molecule has 2 aromatic carbocycles. The molecule has 0 aliphatic carbocycles. The number of hydrogen-bond donors (Lipinski definition) is 3. The van der Waals surface area contributed by atoms with Crippen LogP contribution >= 0.6 is 23.2 Å². The van der Waals surface area contributed by atoms with Crippen LogP contribution in [0.4, 0.5) is 10.1 Å². The Balaban J connectivity index is 0.000000485. The minimum atomic E-state index is -0.491. The topological polar surface area (TPSA) is 70.2 Å². The number of hydrogen-bond acceptors (Lipinski definition) is 3. The Bertz CT molecular complexity index is 882. The smallest absolute Gasteiger partial charge is 0.211 e. The molecule has 0 bridgehead atoms. The first kappa shape index (κ1) is 27.9. The molecule has 3 N–H and O–H groups in total. The molecule has 0 saturated carbocycles. The van der Waals surface area contributed by atoms with Gasteiger partial charge in [-0.05, 0) is 40.8 Å². The quantitative estimate of drug-likeness (QED) is 0.485. The highest BCUT2D eigenvalue weighted by atomic mass is 35.5. The monoisotopic (exact) mass is 483 g/mol. The zero-order chi connectivity index (χ0) is 24.3. The molecule has 0 radical (unpaired) electrons. The molecule has 176 valence electrons. The molecular weight excluding hydrogens is 452 g/mol. The Morgan fingerprint density at radius 3 is 2.16 bits per heavy atom. The van der Waals surface area contributed by atoms with Gasteiger partial charge >= 0.3 is 0 Å². The second-order valence-corrected chi connectivity index (χ2v) is 9.79. The zero-order valence-electron chi connectivity index (χ0n) is 19.1. The van der Waals surface area contributed by atoms with Gasteiger partial charge in [-0.3, -0.25) is 9.59 Å². The molecule has 1 fully saturated rings. The lowest BCUT2D eigenvalue weighted by Gasteiger charge is -2.22. The van der Waals surface area contributed by atoms with Crippen LogP contribution < -0.4 is 16.0 Å². The molecule has 1 saturated heterocycles. The average Bonchev–Trinajstić information content (AvgIpc) is 3.19. The summed E-state index contributed by atoms with van der Waals surface area (Å²) in [7, 11) is 1.56. The first-order valence-corrected chi connectivity index (χ1v) is 11.0. The minimum absolute atomic E-state index is 0.0108. The number of carbonyl (C=O) groups is 2. The molecule has 2 aromatic rings. The Labute approximate surface area is 200 Å². The van der Waals surface area contributed by atoms with Crippen LogP contribution in [0.25, 0.3) is 0 Å². The summed E-state index contributed by atoms with van der Waals surface area (Å²) in [4.78, 5) is 19.9. The zero-order valence-corrected chi connectivity index (χ0v) is 20.6. The summed E-state index contributed by atoms with van der Waals surface area (Å²) in [6.07, 6.45) is 1.20. The summed E-state index contributed by atoms with van der Waals surface area (Å²) >= 11 is 11.9. The molecule has 2 amide bonds. The number of rotatable bonds is 5. The highest BCUT2D eigenvalue weighted by molar-refractivity contribution is 6.31. The summed E-state index contributed by atoms with van der Waals surface area (Å²) in [5.74, 6) is -0.334. The fraction of sp³-hybridized carbons (Fsp3) is 0.417. The minimum Gasteiger partial charge on any atom is -0.362 e. The third-order valence-electron chi connectivity index (χ3n) is 4.32. The van der Waals surface area contributed by atoms with E-state index in [1.807, 2.05) is 24.3 Å². The lowest BCUT2D eigenvalue weighted by molar-refractivity contribution is -0.109. The number of nitrogens with one attached hydrogen (secondary N) is 3. The van der Waals surface area contributed by atoms with E-state index in [2.05, 4.69) is 43.6 Å². The Morgan fingerprint density at radius 1 is 1.03 bits per heavy atom. The number of anilines is 1. The van der Waals surface area contributed by atoms with Gasteiger partial charge in [0.25, 0.3) is 0 Å². The van der Waals surface area contributed by atoms with E-state index in [0.29, 0.717) is 35.5 Å². The van der Waals surface area contributed by atoms with E-state index in [1.54, 1.807) is 7.05 Å². The van der Waals surface area contributed by atoms with E-state index in [4.69, 9.17) is 28.0 Å². The highest BCUT2D eigenvalue weighted by Crippen LogP contribution is 2.41. The largest absolute Gasteiger partial charge is 0.362 e. The summed E-state index contributed by atoms with van der Waals surface area (Å²) in [5, 5.41) is 8.85. The van der Waals surface area contributed by atoms with Crippen LogP contribution in [0, 0.1) is 11.2 Å². The second kappa shape index (κ2) is 13.4. The number of halogens is 3. The van der Waals surface area contributed by atoms with Crippen molar-refractivity contribution >= 4 is 41.7 Å². The van der Waals surface area contributed by atoms with Crippen LogP contribution in [-0.2, 0) is 9.59 Å². The van der Waals surface area contributed by atoms with Crippen LogP contribution in [0.15, 0.2) is 36.4 Å². The van der Waals surface area contributed by atoms with E-state index in [0.717, 1.165) is 17.7 Å². The molecule has 1 heterocycles. The maximum atomic E-state index is 14.0. The first-order valence-electron chi connectivity index (χ1n) is 10.3. The molecule has 0 aromatic heterocycles. The van der Waals surface area contributed by atoms with Crippen molar-refractivity contribution in [2.24, 2.45) is 5.41 Å². The van der Waals surface area contributed by atoms with E-state index in [-0.39, 0.29) is 16.9 Å². The molecule has 1 aliphatic heterocycles. The fourth-order valence-corrected chi connectivity index (χ4v) is 3.51. The summed E-state index contributed by atoms with van der Waals surface area (Å²) in [5.41, 5.74) is 2.85. The van der Waals surface area contributed by atoms with Crippen LogP contribution in [0.1, 0.15) is 50.7 Å². The maximum absolute atomic E-state index is 14.0. The van der Waals surface area contributed by atoms with Gasteiger partial charge in [0.2, 0.25) is 12.8 Å². The Hall–Kier alpha value is -2.15. The van der Waals surface area contributed by atoms with Gasteiger partial charge < -0.3 is 16.0 Å². The van der Waals surface area contributed by atoms with Crippen molar-refractivity contribution in [1.82, 2.24) is 10.6 Å². The molecule has 5 nitrogen and oxygen atoms in total. The predicted molar refractivity (Wildman–Crippen MR) is 131 cm³/mol. The molecule has 8 heteroatoms. The van der Waals surface area contributed by atoms with Crippen LogP contribution in [0.3, 0.4) is 0 Å². The van der Waals surface area contributed by atoms with Gasteiger partial charge in [-0.2, -0.15) is 0 Å². The molecule has 2 atom stereocenters. The van der Waals surface area contributed by atoms with E-state index in [1.165, 1.54) is 12.1 Å². The van der Waals surface area contributed by atoms with Crippen molar-refractivity contribution < 1.29 is 14.0 Å². The van der Waals surface area contributed by atoms with E-state index >= 15 is 0 Å². The van der Waals surface area contributed by atoms with Crippen molar-refractivity contribution in [2.45, 2.75) is 39.5 Å². The highest BCUT2D eigenvalue weighted by Gasteiger charge is 2.32. The van der Waals surface area contributed by atoms with Gasteiger partial charge in [0.05, 0.1) is 5.02 Å². The fourth-order valence-electron chi connectivity index (χ4n) is 3.15. The molecule has 3 rings (SSSR count). The standard InChI is InChI=1S/C17H15Cl2FN2O.C5H12.C2H5NO/c18-11-3-1-2-10(4-11)13-7-21-8-14(13)12-5-16(20)15(19)6-17(12)22-9-23;1-5(2,3)4;1-3-2-4/h1-6,9,13-14,21H,7-8H2,(H,22,23);1-4H3;2H,1H3,(H,3,4)/t13-,14+;;/m1../s1. The SMILES string of the molecule is CC(C)(C)C.CNC=O.O=CNc1cc(Cl)c(F)cc1[C@@H]1CNC[C@@H]1c1cccc(Cl)c1. The summed E-state index contributed by atoms with van der Waals surface area (Å²) in [6, 6.07) is 10.5. The van der Waals surface area contributed by atoms with Crippen LogP contribution in [0.5, 0.6) is 0 Å². The van der Waals surface area contributed by atoms with Crippen molar-refractivity contribution in [3.8, 4) is 0 Å². The first-order chi connectivity index (χ1) is 15.0. The van der Waals surface area contributed by atoms with Gasteiger partial charge in [0.1, 0.15) is 5.82 Å². The van der Waals surface area contributed by atoms with Crippen LogP contribution in [-0.4, -0.2) is 33.0 Å². The molecule has 1 aliphatic rings. The lowest BCUT2D eigenvalue weighted by atomic mass is 9.83. The number of amides is 2. The second-order valence-electron chi connectivity index (χ2n) is 8.95. The van der Waals surface area contributed by atoms with Crippen molar-refractivity contribution in [1.29, 1.82) is 0 Å². The Kier molecular flexibility index (Phi) is 11.7. The molecular formula is C24H32Cl2FN3O2. The average molecular weight is 484 g/mol. The molecule has 32 heavy (non-hydrogen) atoms. The van der Waals surface area contributed by atoms with Crippen molar-refractivity contribution in [3.05, 3.63) is 63.4 Å². The van der Waals surface area contributed by atoms with Crippen LogP contribution in [0.2, 0.25) is 10.0 Å². The van der Waals surface area contributed by atoms with Gasteiger partial charge in [-0.1, -0.05) is 63.0 Å². The van der Waals surface area contributed by atoms with Gasteiger partial charge in [-0.25, -0.2) is 4.39 Å². The number of benzene rings is 2. The summed E-state index contributed by atoms with van der Waals surface area (Å²) < 4.78 is 14.0. The predicted octanol–water partition coefficient (Wildman–Crippen LogP) is 5.59. The normalized spacial score (nSPS) is 17.2. The third kappa shape index (κ3) is 9.55. The van der Waals surface area contributed by atoms with Gasteiger partial charge in [-0.15, -0.1) is 0 Å². The lowest BCUT2D eigenvalue weighted by Crippen LogP contribution is -2.12. The van der Waals surface area contributed by atoms with Crippen molar-refractivity contribution in [3.63, 3.8) is 0 Å². The summed E-state index contributed by atoms with van der Waals surface area (Å²) in [6.45, 7) is 10.2. The third-order valence-corrected chi connectivity index (χ3v) is 4.84. The van der Waals surface area contributed by atoms with Crippen molar-refractivity contribution in [2.75, 3.05) is 25.5 Å². The number of carbonyl (C=O) groups excluding carboxylic acids is 2. The van der Waals surface area contributed by atoms with Gasteiger partial charge in [0.15, 0.2) is 0 Å². The van der Waals surface area contributed by atoms with E-state index in [9.17, 15) is 9.18 Å². The van der Waals surface area contributed by atoms with E-state index < -0.39 is 5.82 Å². The van der Waals surface area contributed by atoms with Gasteiger partial charge in [0, 0.05) is 42.7 Å². The Morgan fingerprint density at radius 2 is 1.62 bits per heavy atom. The molecule has 0 spiro atoms. The maximum Gasteiger partial charge on any atom is 0.211 e. The molecule has 0 unspecified atom stereocenters.